The average Bonchev–Trinajstić information content (AvgIpc) is 2.86. The topological polar surface area (TPSA) is 50.9 Å². The molecule has 2 heterocycles. The fraction of sp³-hybridized carbons (Fsp3) is 0.357. The maximum absolute atomic E-state index is 5.82. The first-order chi connectivity index (χ1) is 9.29. The predicted molar refractivity (Wildman–Crippen MR) is 82.0 cm³/mol. The van der Waals surface area contributed by atoms with Gasteiger partial charge in [-0.1, -0.05) is 6.07 Å². The van der Waals surface area contributed by atoms with E-state index in [0.29, 0.717) is 5.92 Å². The Hall–Kier alpha value is -0.750. The average molecular weight is 338 g/mol. The third-order valence-corrected chi connectivity index (χ3v) is 5.43. The van der Waals surface area contributed by atoms with Crippen molar-refractivity contribution in [1.29, 1.82) is 0 Å². The Balaban J connectivity index is 1.97. The normalized spacial score (nSPS) is 20.0. The fourth-order valence-corrected chi connectivity index (χ4v) is 4.41. The summed E-state index contributed by atoms with van der Waals surface area (Å²) in [6, 6.07) is 8.56. The monoisotopic (exact) mass is 337 g/mol. The Morgan fingerprint density at radius 1 is 1.42 bits per heavy atom. The van der Waals surface area contributed by atoms with Gasteiger partial charge in [0.1, 0.15) is 0 Å². The van der Waals surface area contributed by atoms with E-state index in [-0.39, 0.29) is 6.04 Å². The van der Waals surface area contributed by atoms with Gasteiger partial charge < -0.3 is 0 Å². The molecule has 19 heavy (non-hydrogen) atoms. The van der Waals surface area contributed by atoms with Crippen LogP contribution in [0.2, 0.25) is 0 Å². The molecule has 0 amide bonds. The minimum Gasteiger partial charge on any atom is -0.271 e. The van der Waals surface area contributed by atoms with Crippen LogP contribution in [0.3, 0.4) is 0 Å². The Bertz CT molecular complexity index is 569. The molecule has 3 nitrogen and oxygen atoms in total. The van der Waals surface area contributed by atoms with Crippen LogP contribution in [0.15, 0.2) is 34.2 Å². The molecular weight excluding hydrogens is 322 g/mol. The van der Waals surface area contributed by atoms with Gasteiger partial charge in [0.05, 0.1) is 9.83 Å². The molecule has 0 spiro atoms. The first-order valence-electron chi connectivity index (χ1n) is 6.44. The summed E-state index contributed by atoms with van der Waals surface area (Å²) in [5, 5.41) is 0. The fourth-order valence-electron chi connectivity index (χ4n) is 2.86. The lowest BCUT2D eigenvalue weighted by atomic mass is 9.81. The van der Waals surface area contributed by atoms with Crippen molar-refractivity contribution >= 4 is 27.3 Å². The molecule has 0 saturated carbocycles. The number of pyridine rings is 1. The first-order valence-corrected chi connectivity index (χ1v) is 8.05. The summed E-state index contributed by atoms with van der Waals surface area (Å²) in [6.07, 6.45) is 5.35. The lowest BCUT2D eigenvalue weighted by Gasteiger charge is -2.30. The maximum Gasteiger partial charge on any atom is 0.0702 e. The molecule has 0 saturated heterocycles. The second kappa shape index (κ2) is 5.71. The van der Waals surface area contributed by atoms with Crippen LogP contribution < -0.4 is 11.3 Å². The molecular formula is C14H16BrN3S. The third-order valence-electron chi connectivity index (χ3n) is 3.72. The van der Waals surface area contributed by atoms with Gasteiger partial charge in [-0.2, -0.15) is 0 Å². The molecule has 5 heteroatoms. The Morgan fingerprint density at radius 2 is 2.32 bits per heavy atom. The van der Waals surface area contributed by atoms with Gasteiger partial charge in [0.15, 0.2) is 0 Å². The van der Waals surface area contributed by atoms with Crippen molar-refractivity contribution in [2.24, 2.45) is 5.84 Å². The van der Waals surface area contributed by atoms with Gasteiger partial charge in [-0.05, 0) is 59.0 Å². The molecule has 3 rings (SSSR count). The van der Waals surface area contributed by atoms with Crippen LogP contribution in [-0.4, -0.2) is 4.98 Å². The van der Waals surface area contributed by atoms with Crippen LogP contribution in [0.4, 0.5) is 0 Å². The molecule has 0 radical (unpaired) electrons. The lowest BCUT2D eigenvalue weighted by Crippen LogP contribution is -2.34. The van der Waals surface area contributed by atoms with Crippen LogP contribution >= 0.6 is 27.3 Å². The van der Waals surface area contributed by atoms with E-state index in [2.05, 4.69) is 44.5 Å². The number of thiophene rings is 1. The van der Waals surface area contributed by atoms with E-state index in [4.69, 9.17) is 5.84 Å². The summed E-state index contributed by atoms with van der Waals surface area (Å²) in [6.45, 7) is 0. The van der Waals surface area contributed by atoms with Crippen LogP contribution in [0.5, 0.6) is 0 Å². The van der Waals surface area contributed by atoms with Crippen LogP contribution in [0.25, 0.3) is 0 Å². The van der Waals surface area contributed by atoms with Gasteiger partial charge in [0.2, 0.25) is 0 Å². The zero-order chi connectivity index (χ0) is 13.2. The molecule has 100 valence electrons. The van der Waals surface area contributed by atoms with Crippen LogP contribution in [0, 0.1) is 0 Å². The van der Waals surface area contributed by atoms with Crippen molar-refractivity contribution in [2.75, 3.05) is 0 Å². The SMILES string of the molecule is NNC(c1ccc(Br)s1)C1CCCc2cccnc21. The maximum atomic E-state index is 5.82. The van der Waals surface area contributed by atoms with Crippen molar-refractivity contribution in [1.82, 2.24) is 10.4 Å². The zero-order valence-electron chi connectivity index (χ0n) is 10.5. The van der Waals surface area contributed by atoms with Crippen LogP contribution in [0.1, 0.15) is 40.9 Å². The van der Waals surface area contributed by atoms with Gasteiger partial charge in [-0.3, -0.25) is 16.3 Å². The number of nitrogens with two attached hydrogens (primary N) is 1. The molecule has 2 aromatic heterocycles. The number of halogens is 1. The standard InChI is InChI=1S/C14H16BrN3S/c15-12-7-6-11(19-12)14(18-16)10-5-1-3-9-4-2-8-17-13(9)10/h2,4,6-8,10,14,18H,1,3,5,16H2. The molecule has 1 aliphatic rings. The zero-order valence-corrected chi connectivity index (χ0v) is 12.9. The van der Waals surface area contributed by atoms with Gasteiger partial charge in [0, 0.05) is 22.7 Å². The summed E-state index contributed by atoms with van der Waals surface area (Å²) in [4.78, 5) is 5.86. The summed E-state index contributed by atoms with van der Waals surface area (Å²) in [5.74, 6) is 6.18. The van der Waals surface area contributed by atoms with Gasteiger partial charge in [-0.25, -0.2) is 0 Å². The third kappa shape index (κ3) is 2.60. The molecule has 0 aliphatic heterocycles. The number of aromatic nitrogens is 1. The molecule has 2 unspecified atom stereocenters. The van der Waals surface area contributed by atoms with E-state index in [1.807, 2.05) is 12.3 Å². The Labute approximate surface area is 125 Å². The van der Waals surface area contributed by atoms with Crippen molar-refractivity contribution in [3.63, 3.8) is 0 Å². The lowest BCUT2D eigenvalue weighted by molar-refractivity contribution is 0.404. The van der Waals surface area contributed by atoms with Crippen molar-refractivity contribution in [3.05, 3.63) is 50.4 Å². The van der Waals surface area contributed by atoms with E-state index in [1.54, 1.807) is 11.3 Å². The van der Waals surface area contributed by atoms with E-state index in [1.165, 1.54) is 22.6 Å². The minimum atomic E-state index is 0.144. The van der Waals surface area contributed by atoms with Crippen LogP contribution in [-0.2, 0) is 6.42 Å². The molecule has 3 N–H and O–H groups in total. The summed E-state index contributed by atoms with van der Waals surface area (Å²) >= 11 is 5.25. The van der Waals surface area contributed by atoms with Gasteiger partial charge in [0.25, 0.3) is 0 Å². The predicted octanol–water partition coefficient (Wildman–Crippen LogP) is 3.53. The van der Waals surface area contributed by atoms with Gasteiger partial charge in [-0.15, -0.1) is 11.3 Å². The number of nitrogens with zero attached hydrogens (tertiary/aromatic N) is 1. The number of hydrogen-bond donors (Lipinski definition) is 2. The highest BCUT2D eigenvalue weighted by atomic mass is 79.9. The van der Waals surface area contributed by atoms with Crippen molar-refractivity contribution in [2.45, 2.75) is 31.2 Å². The number of rotatable bonds is 3. The van der Waals surface area contributed by atoms with Crippen molar-refractivity contribution < 1.29 is 0 Å². The number of hydrazine groups is 1. The van der Waals surface area contributed by atoms with E-state index in [9.17, 15) is 0 Å². The second-order valence-corrected chi connectivity index (χ2v) is 7.33. The quantitative estimate of drug-likeness (QED) is 0.665. The first kappa shape index (κ1) is 13.2. The molecule has 0 aromatic carbocycles. The van der Waals surface area contributed by atoms with E-state index >= 15 is 0 Å². The molecule has 2 aromatic rings. The second-order valence-electron chi connectivity index (χ2n) is 4.83. The number of nitrogens with one attached hydrogen (secondary N) is 1. The molecule has 1 aliphatic carbocycles. The number of aryl methyl sites for hydroxylation is 1. The largest absolute Gasteiger partial charge is 0.271 e. The highest BCUT2D eigenvalue weighted by Crippen LogP contribution is 2.41. The minimum absolute atomic E-state index is 0.144. The summed E-state index contributed by atoms with van der Waals surface area (Å²) in [7, 11) is 0. The van der Waals surface area contributed by atoms with Crippen molar-refractivity contribution in [3.8, 4) is 0 Å². The van der Waals surface area contributed by atoms with E-state index < -0.39 is 0 Å². The Morgan fingerprint density at radius 3 is 3.05 bits per heavy atom. The van der Waals surface area contributed by atoms with E-state index in [0.717, 1.165) is 16.6 Å². The highest BCUT2D eigenvalue weighted by molar-refractivity contribution is 9.11. The summed E-state index contributed by atoms with van der Waals surface area (Å²) < 4.78 is 1.14. The number of hydrogen-bond acceptors (Lipinski definition) is 4. The number of fused-ring (bicyclic) bond motifs is 1. The molecule has 0 fully saturated rings. The Kier molecular flexibility index (Phi) is 3.98. The molecule has 0 bridgehead atoms. The van der Waals surface area contributed by atoms with Gasteiger partial charge >= 0.3 is 0 Å². The molecule has 2 atom stereocenters. The smallest absolute Gasteiger partial charge is 0.0702 e. The summed E-state index contributed by atoms with van der Waals surface area (Å²) in [5.41, 5.74) is 5.57. The highest BCUT2D eigenvalue weighted by Gasteiger charge is 2.30.